The molecule has 2 aliphatic heterocycles. The van der Waals surface area contributed by atoms with Crippen LogP contribution in [0.15, 0.2) is 24.3 Å². The number of aryl methyl sites for hydroxylation is 1. The minimum Gasteiger partial charge on any atom is -0.378 e. The summed E-state index contributed by atoms with van der Waals surface area (Å²) in [5.74, 6) is 2.41. The quantitative estimate of drug-likeness (QED) is 0.568. The van der Waals surface area contributed by atoms with E-state index < -0.39 is 0 Å². The minimum atomic E-state index is 0.522. The molecule has 0 N–H and O–H groups in total. The Morgan fingerprint density at radius 2 is 1.62 bits per heavy atom. The molecule has 3 aliphatic rings. The molecule has 0 radical (unpaired) electrons. The first-order valence-corrected chi connectivity index (χ1v) is 11.1. The summed E-state index contributed by atoms with van der Waals surface area (Å²) in [4.78, 5) is 0. The molecule has 26 heavy (non-hydrogen) atoms. The Morgan fingerprint density at radius 1 is 0.846 bits per heavy atom. The van der Waals surface area contributed by atoms with Crippen molar-refractivity contribution in [3.05, 3.63) is 35.4 Å². The Labute approximate surface area is 159 Å². The Morgan fingerprint density at radius 3 is 2.23 bits per heavy atom. The normalized spacial score (nSPS) is 34.6. The van der Waals surface area contributed by atoms with Gasteiger partial charge in [-0.1, -0.05) is 37.6 Å². The summed E-state index contributed by atoms with van der Waals surface area (Å²) in [6.45, 7) is 4.17. The molecule has 0 aromatic heterocycles. The SMILES string of the molecule is CCCc1ccc(C2CCC(CCC3CCC(C4CO4)CO3)CC2)cc1. The number of rotatable bonds is 7. The molecule has 3 atom stereocenters. The third-order valence-electron chi connectivity index (χ3n) is 7.02. The van der Waals surface area contributed by atoms with Gasteiger partial charge in [-0.05, 0) is 80.8 Å². The van der Waals surface area contributed by atoms with Crippen molar-refractivity contribution in [2.45, 2.75) is 89.3 Å². The van der Waals surface area contributed by atoms with Gasteiger partial charge < -0.3 is 9.47 Å². The molecule has 3 fully saturated rings. The highest BCUT2D eigenvalue weighted by molar-refractivity contribution is 5.25. The molecule has 0 bridgehead atoms. The van der Waals surface area contributed by atoms with Crippen LogP contribution in [0.4, 0.5) is 0 Å². The molecule has 0 amide bonds. The van der Waals surface area contributed by atoms with Crippen LogP contribution in [0, 0.1) is 11.8 Å². The second kappa shape index (κ2) is 8.89. The molecular formula is C24H36O2. The number of ether oxygens (including phenoxy) is 2. The second-order valence-corrected chi connectivity index (χ2v) is 8.95. The van der Waals surface area contributed by atoms with E-state index in [1.54, 1.807) is 5.56 Å². The zero-order valence-electron chi connectivity index (χ0n) is 16.5. The molecule has 144 valence electrons. The Kier molecular flexibility index (Phi) is 6.32. The first-order chi connectivity index (χ1) is 12.8. The number of hydrogen-bond donors (Lipinski definition) is 0. The topological polar surface area (TPSA) is 21.8 Å². The third kappa shape index (κ3) is 4.89. The predicted octanol–water partition coefficient (Wildman–Crippen LogP) is 5.89. The van der Waals surface area contributed by atoms with Gasteiger partial charge in [-0.25, -0.2) is 0 Å². The predicted molar refractivity (Wildman–Crippen MR) is 107 cm³/mol. The molecule has 4 rings (SSSR count). The Bertz CT molecular complexity index is 532. The van der Waals surface area contributed by atoms with Gasteiger partial charge in [0, 0.05) is 5.92 Å². The Hall–Kier alpha value is -0.860. The van der Waals surface area contributed by atoms with Crippen molar-refractivity contribution in [1.29, 1.82) is 0 Å². The fraction of sp³-hybridized carbons (Fsp3) is 0.750. The smallest absolute Gasteiger partial charge is 0.0860 e. The first-order valence-electron chi connectivity index (χ1n) is 11.1. The van der Waals surface area contributed by atoms with Gasteiger partial charge in [-0.2, -0.15) is 0 Å². The summed E-state index contributed by atoms with van der Waals surface area (Å²) in [6.07, 6.45) is 14.3. The van der Waals surface area contributed by atoms with E-state index in [0.717, 1.165) is 25.0 Å². The summed E-state index contributed by atoms with van der Waals surface area (Å²) < 4.78 is 11.5. The Balaban J connectivity index is 1.15. The fourth-order valence-corrected chi connectivity index (χ4v) is 5.13. The molecule has 2 nitrogen and oxygen atoms in total. The summed E-state index contributed by atoms with van der Waals surface area (Å²) in [7, 11) is 0. The van der Waals surface area contributed by atoms with E-state index in [9.17, 15) is 0 Å². The van der Waals surface area contributed by atoms with E-state index in [1.165, 1.54) is 69.8 Å². The third-order valence-corrected chi connectivity index (χ3v) is 7.02. The number of hydrogen-bond acceptors (Lipinski definition) is 2. The zero-order valence-corrected chi connectivity index (χ0v) is 16.5. The van der Waals surface area contributed by atoms with Gasteiger partial charge in [0.1, 0.15) is 0 Å². The summed E-state index contributed by atoms with van der Waals surface area (Å²) >= 11 is 0. The summed E-state index contributed by atoms with van der Waals surface area (Å²) in [5.41, 5.74) is 3.07. The number of epoxide rings is 1. The van der Waals surface area contributed by atoms with Crippen LogP contribution in [0.3, 0.4) is 0 Å². The van der Waals surface area contributed by atoms with Crippen molar-refractivity contribution in [3.8, 4) is 0 Å². The maximum absolute atomic E-state index is 6.12. The van der Waals surface area contributed by atoms with Crippen LogP contribution in [0.5, 0.6) is 0 Å². The van der Waals surface area contributed by atoms with E-state index in [4.69, 9.17) is 9.47 Å². The van der Waals surface area contributed by atoms with Crippen LogP contribution < -0.4 is 0 Å². The summed E-state index contributed by atoms with van der Waals surface area (Å²) in [6, 6.07) is 9.49. The van der Waals surface area contributed by atoms with Crippen molar-refractivity contribution < 1.29 is 9.47 Å². The largest absolute Gasteiger partial charge is 0.378 e. The molecule has 2 heterocycles. The van der Waals surface area contributed by atoms with Crippen molar-refractivity contribution in [3.63, 3.8) is 0 Å². The molecular weight excluding hydrogens is 320 g/mol. The molecule has 1 saturated carbocycles. The molecule has 3 unspecified atom stereocenters. The van der Waals surface area contributed by atoms with Gasteiger partial charge in [-0.15, -0.1) is 0 Å². The van der Waals surface area contributed by atoms with Crippen molar-refractivity contribution in [1.82, 2.24) is 0 Å². The monoisotopic (exact) mass is 356 g/mol. The zero-order chi connectivity index (χ0) is 17.8. The molecule has 1 aromatic carbocycles. The lowest BCUT2D eigenvalue weighted by Crippen LogP contribution is -2.29. The van der Waals surface area contributed by atoms with Gasteiger partial charge in [0.05, 0.1) is 25.4 Å². The average molecular weight is 357 g/mol. The highest BCUT2D eigenvalue weighted by Crippen LogP contribution is 2.38. The minimum absolute atomic E-state index is 0.522. The van der Waals surface area contributed by atoms with E-state index in [1.807, 2.05) is 0 Å². The van der Waals surface area contributed by atoms with Gasteiger partial charge in [0.15, 0.2) is 0 Å². The number of benzene rings is 1. The molecule has 2 heteroatoms. The van der Waals surface area contributed by atoms with Crippen LogP contribution in [0.25, 0.3) is 0 Å². The van der Waals surface area contributed by atoms with Crippen LogP contribution in [0.1, 0.15) is 81.8 Å². The van der Waals surface area contributed by atoms with Gasteiger partial charge in [-0.3, -0.25) is 0 Å². The van der Waals surface area contributed by atoms with Crippen LogP contribution in [-0.2, 0) is 15.9 Å². The fourth-order valence-electron chi connectivity index (χ4n) is 5.13. The van der Waals surface area contributed by atoms with E-state index in [2.05, 4.69) is 31.2 Å². The van der Waals surface area contributed by atoms with E-state index in [-0.39, 0.29) is 0 Å². The van der Waals surface area contributed by atoms with Crippen molar-refractivity contribution >= 4 is 0 Å². The van der Waals surface area contributed by atoms with Crippen LogP contribution in [-0.4, -0.2) is 25.4 Å². The van der Waals surface area contributed by atoms with Gasteiger partial charge >= 0.3 is 0 Å². The van der Waals surface area contributed by atoms with Crippen molar-refractivity contribution in [2.75, 3.05) is 13.2 Å². The van der Waals surface area contributed by atoms with Crippen molar-refractivity contribution in [2.24, 2.45) is 11.8 Å². The maximum Gasteiger partial charge on any atom is 0.0860 e. The lowest BCUT2D eigenvalue weighted by Gasteiger charge is -2.32. The molecule has 1 aromatic rings. The van der Waals surface area contributed by atoms with E-state index in [0.29, 0.717) is 18.1 Å². The summed E-state index contributed by atoms with van der Waals surface area (Å²) in [5, 5.41) is 0. The van der Waals surface area contributed by atoms with Crippen LogP contribution in [0.2, 0.25) is 0 Å². The van der Waals surface area contributed by atoms with Gasteiger partial charge in [0.25, 0.3) is 0 Å². The standard InChI is InChI=1S/C24H36O2/c1-2-3-18-4-9-20(10-5-18)21-11-6-19(7-12-21)8-14-23-15-13-22(16-25-23)24-17-26-24/h4-5,9-10,19,21-24H,2-3,6-8,11-17H2,1H3. The highest BCUT2D eigenvalue weighted by atomic mass is 16.6. The average Bonchev–Trinajstić information content (AvgIpc) is 3.54. The van der Waals surface area contributed by atoms with Crippen LogP contribution >= 0.6 is 0 Å². The molecule has 0 spiro atoms. The molecule has 1 aliphatic carbocycles. The second-order valence-electron chi connectivity index (χ2n) is 8.95. The lowest BCUT2D eigenvalue weighted by molar-refractivity contribution is -0.0295. The molecule has 2 saturated heterocycles. The van der Waals surface area contributed by atoms with E-state index >= 15 is 0 Å². The maximum atomic E-state index is 6.12. The highest BCUT2D eigenvalue weighted by Gasteiger charge is 2.36. The first kappa shape index (κ1) is 18.5. The lowest BCUT2D eigenvalue weighted by atomic mass is 9.76. The van der Waals surface area contributed by atoms with Gasteiger partial charge in [0.2, 0.25) is 0 Å².